The molecule has 0 saturated carbocycles. The molecule has 0 saturated heterocycles. The van der Waals surface area contributed by atoms with Crippen LogP contribution < -0.4 is 15.4 Å². The molecule has 0 radical (unpaired) electrons. The van der Waals surface area contributed by atoms with Crippen LogP contribution >= 0.6 is 0 Å². The minimum atomic E-state index is -3.71. The van der Waals surface area contributed by atoms with Gasteiger partial charge in [0.1, 0.15) is 0 Å². The van der Waals surface area contributed by atoms with Crippen molar-refractivity contribution in [2.24, 2.45) is 5.73 Å². The third-order valence-electron chi connectivity index (χ3n) is 3.70. The van der Waals surface area contributed by atoms with Crippen molar-refractivity contribution in [3.63, 3.8) is 0 Å². The summed E-state index contributed by atoms with van der Waals surface area (Å²) in [7, 11) is 0.100. The molecule has 1 amide bonds. The minimum absolute atomic E-state index is 0.0634. The van der Waals surface area contributed by atoms with Crippen molar-refractivity contribution in [3.05, 3.63) is 48.6 Å². The summed E-state index contributed by atoms with van der Waals surface area (Å²) < 4.78 is 27.7. The topological polar surface area (TPSA) is 92.5 Å². The molecular formula is C17H21N3O3S. The largest absolute Gasteiger partial charge is 0.377 e. The van der Waals surface area contributed by atoms with Crippen LogP contribution in [0.3, 0.4) is 0 Å². The molecule has 24 heavy (non-hydrogen) atoms. The lowest BCUT2D eigenvalue weighted by Crippen LogP contribution is -2.26. The predicted molar refractivity (Wildman–Crippen MR) is 96.4 cm³/mol. The molecule has 2 aromatic carbocycles. The fraction of sp³-hybridized carbons (Fsp3) is 0.235. The number of hydrogen-bond donors (Lipinski definition) is 2. The molecule has 7 heteroatoms. The van der Waals surface area contributed by atoms with Gasteiger partial charge in [0.15, 0.2) is 0 Å². The Kier molecular flexibility index (Phi) is 5.26. The quantitative estimate of drug-likeness (QED) is 0.744. The number of primary amides is 1. The second-order valence-corrected chi connectivity index (χ2v) is 7.37. The van der Waals surface area contributed by atoms with Crippen LogP contribution in [0.5, 0.6) is 0 Å². The number of amides is 1. The molecule has 0 atom stereocenters. The van der Waals surface area contributed by atoms with Gasteiger partial charge in [-0.15, -0.1) is 0 Å². The van der Waals surface area contributed by atoms with Crippen LogP contribution in [-0.4, -0.2) is 35.0 Å². The van der Waals surface area contributed by atoms with Crippen LogP contribution in [0.15, 0.2) is 53.4 Å². The van der Waals surface area contributed by atoms with E-state index in [4.69, 9.17) is 5.73 Å². The van der Waals surface area contributed by atoms with Crippen molar-refractivity contribution >= 4 is 32.4 Å². The van der Waals surface area contributed by atoms with Gasteiger partial charge in [-0.2, -0.15) is 0 Å². The molecule has 128 valence electrons. The van der Waals surface area contributed by atoms with Gasteiger partial charge in [0.2, 0.25) is 15.9 Å². The number of hydrogen-bond acceptors (Lipinski definition) is 4. The molecule has 0 aliphatic heterocycles. The summed E-state index contributed by atoms with van der Waals surface area (Å²) in [5.41, 5.74) is 6.22. The number of rotatable bonds is 7. The number of nitrogens with zero attached hydrogens (tertiary/aromatic N) is 1. The summed E-state index contributed by atoms with van der Waals surface area (Å²) in [4.78, 5) is 13.1. The second-order valence-electron chi connectivity index (χ2n) is 5.64. The lowest BCUT2D eigenvalue weighted by Gasteiger charge is -2.17. The predicted octanol–water partition coefficient (Wildman–Crippen LogP) is 1.62. The van der Waals surface area contributed by atoms with Gasteiger partial charge in [-0.1, -0.05) is 30.8 Å². The Hall–Kier alpha value is -2.38. The zero-order chi connectivity index (χ0) is 17.9. The Morgan fingerprint density at radius 3 is 2.42 bits per heavy atom. The maximum Gasteiger partial charge on any atom is 0.244 e. The fourth-order valence-electron chi connectivity index (χ4n) is 2.43. The maximum absolute atomic E-state index is 12.6. The lowest BCUT2D eigenvalue weighted by molar-refractivity contribution is -0.114. The number of nitrogens with one attached hydrogen (secondary N) is 1. The smallest absolute Gasteiger partial charge is 0.244 e. The molecule has 0 aliphatic carbocycles. The van der Waals surface area contributed by atoms with Gasteiger partial charge in [0, 0.05) is 42.7 Å². The van der Waals surface area contributed by atoms with E-state index in [9.17, 15) is 13.2 Å². The van der Waals surface area contributed by atoms with E-state index in [1.54, 1.807) is 18.2 Å². The van der Waals surface area contributed by atoms with E-state index in [1.807, 2.05) is 37.2 Å². The van der Waals surface area contributed by atoms with E-state index in [1.165, 1.54) is 0 Å². The van der Waals surface area contributed by atoms with Gasteiger partial charge in [-0.25, -0.2) is 13.1 Å². The van der Waals surface area contributed by atoms with Gasteiger partial charge in [-0.3, -0.25) is 4.79 Å². The minimum Gasteiger partial charge on any atom is -0.377 e. The number of anilines is 1. The first-order valence-electron chi connectivity index (χ1n) is 7.40. The average Bonchev–Trinajstić information content (AvgIpc) is 2.53. The van der Waals surface area contributed by atoms with Crippen LogP contribution in [-0.2, 0) is 14.8 Å². The molecule has 0 fully saturated rings. The molecular weight excluding hydrogens is 326 g/mol. The third kappa shape index (κ3) is 3.74. The van der Waals surface area contributed by atoms with E-state index in [0.717, 1.165) is 11.1 Å². The summed E-state index contributed by atoms with van der Waals surface area (Å²) in [6, 6.07) is 10.7. The van der Waals surface area contributed by atoms with Gasteiger partial charge < -0.3 is 10.6 Å². The Morgan fingerprint density at radius 2 is 1.79 bits per heavy atom. The summed E-state index contributed by atoms with van der Waals surface area (Å²) in [6.45, 7) is 3.58. The molecule has 0 aromatic heterocycles. The Morgan fingerprint density at radius 1 is 1.17 bits per heavy atom. The van der Waals surface area contributed by atoms with E-state index < -0.39 is 15.9 Å². The standard InChI is InChI=1S/C17H21N3O3S/c1-12(17(18)21)10-11-19-24(22,23)16-9-5-6-13-14(16)7-4-8-15(13)20(2)3/h4-9,19H,1,10-11H2,2-3H3,(H2,18,21). The molecule has 0 unspecified atom stereocenters. The molecule has 6 nitrogen and oxygen atoms in total. The highest BCUT2D eigenvalue weighted by molar-refractivity contribution is 7.89. The number of carbonyl (C=O) groups excluding carboxylic acids is 1. The van der Waals surface area contributed by atoms with Crippen molar-refractivity contribution in [2.75, 3.05) is 25.5 Å². The van der Waals surface area contributed by atoms with Gasteiger partial charge >= 0.3 is 0 Å². The van der Waals surface area contributed by atoms with Crippen LogP contribution in [0.25, 0.3) is 10.8 Å². The lowest BCUT2D eigenvalue weighted by atomic mass is 10.1. The van der Waals surface area contributed by atoms with E-state index in [-0.39, 0.29) is 23.4 Å². The molecule has 2 aromatic rings. The first kappa shape index (κ1) is 18.0. The monoisotopic (exact) mass is 347 g/mol. The zero-order valence-corrected chi connectivity index (χ0v) is 14.6. The van der Waals surface area contributed by atoms with Crippen LogP contribution in [0.4, 0.5) is 5.69 Å². The van der Waals surface area contributed by atoms with Gasteiger partial charge in [0.05, 0.1) is 4.90 Å². The number of carbonyl (C=O) groups is 1. The average molecular weight is 347 g/mol. The van der Waals surface area contributed by atoms with E-state index in [2.05, 4.69) is 11.3 Å². The van der Waals surface area contributed by atoms with E-state index >= 15 is 0 Å². The second kappa shape index (κ2) is 7.02. The number of sulfonamides is 1. The SMILES string of the molecule is C=C(CCNS(=O)(=O)c1cccc2c(N(C)C)cccc12)C(N)=O. The highest BCUT2D eigenvalue weighted by Gasteiger charge is 2.18. The molecule has 0 spiro atoms. The maximum atomic E-state index is 12.6. The first-order valence-corrected chi connectivity index (χ1v) is 8.88. The van der Waals surface area contributed by atoms with Gasteiger partial charge in [-0.05, 0) is 18.6 Å². The fourth-order valence-corrected chi connectivity index (χ4v) is 3.68. The molecule has 2 rings (SSSR count). The summed E-state index contributed by atoms with van der Waals surface area (Å²) in [5, 5.41) is 1.50. The van der Waals surface area contributed by atoms with Crippen LogP contribution in [0.1, 0.15) is 6.42 Å². The van der Waals surface area contributed by atoms with E-state index in [0.29, 0.717) is 5.39 Å². The van der Waals surface area contributed by atoms with Crippen molar-refractivity contribution < 1.29 is 13.2 Å². The van der Waals surface area contributed by atoms with Crippen LogP contribution in [0.2, 0.25) is 0 Å². The summed E-state index contributed by atoms with van der Waals surface area (Å²) in [5.74, 6) is -0.630. The Bertz CT molecular complexity index is 889. The highest BCUT2D eigenvalue weighted by Crippen LogP contribution is 2.30. The summed E-state index contributed by atoms with van der Waals surface area (Å²) >= 11 is 0. The number of nitrogens with two attached hydrogens (primary N) is 1. The third-order valence-corrected chi connectivity index (χ3v) is 5.22. The number of benzene rings is 2. The Balaban J connectivity index is 2.35. The highest BCUT2D eigenvalue weighted by atomic mass is 32.2. The summed E-state index contributed by atoms with van der Waals surface area (Å²) in [6.07, 6.45) is 0.169. The van der Waals surface area contributed by atoms with Gasteiger partial charge in [0.25, 0.3) is 0 Å². The molecule has 0 bridgehead atoms. The van der Waals surface area contributed by atoms with Crippen LogP contribution in [0, 0.1) is 0 Å². The molecule has 0 aliphatic rings. The van der Waals surface area contributed by atoms with Crippen molar-refractivity contribution in [2.45, 2.75) is 11.3 Å². The van der Waals surface area contributed by atoms with Crippen molar-refractivity contribution in [3.8, 4) is 0 Å². The first-order chi connectivity index (χ1) is 11.2. The molecule has 3 N–H and O–H groups in total. The van der Waals surface area contributed by atoms with Crippen molar-refractivity contribution in [1.29, 1.82) is 0 Å². The Labute approximate surface area is 142 Å². The normalized spacial score (nSPS) is 11.4. The zero-order valence-electron chi connectivity index (χ0n) is 13.7. The molecule has 0 heterocycles. The number of fused-ring (bicyclic) bond motifs is 1. The van der Waals surface area contributed by atoms with Crippen molar-refractivity contribution in [1.82, 2.24) is 4.72 Å².